The zero-order chi connectivity index (χ0) is 8.97. The standard InChI is InChI=1S/C9H12FNO.ClH/c1-7(6-11)12-9-4-2-3-8(10)5-9;/h2-5,7H,6,11H2,1H3;1H. The number of ether oxygens (including phenoxy) is 1. The SMILES string of the molecule is CC(CN)Oc1cccc(F)c1.Cl. The van der Waals surface area contributed by atoms with Crippen molar-refractivity contribution in [2.45, 2.75) is 13.0 Å². The Bertz CT molecular complexity index is 257. The Labute approximate surface area is 83.3 Å². The minimum Gasteiger partial charge on any atom is -0.489 e. The van der Waals surface area contributed by atoms with Crippen molar-refractivity contribution in [3.05, 3.63) is 30.1 Å². The quantitative estimate of drug-likeness (QED) is 0.819. The molecular formula is C9H13ClFNO. The molecule has 0 radical (unpaired) electrons. The van der Waals surface area contributed by atoms with Gasteiger partial charge < -0.3 is 10.5 Å². The lowest BCUT2D eigenvalue weighted by atomic mass is 10.3. The Kier molecular flexibility index (Phi) is 5.42. The summed E-state index contributed by atoms with van der Waals surface area (Å²) in [6, 6.07) is 6.02. The molecule has 1 unspecified atom stereocenters. The molecule has 0 spiro atoms. The predicted molar refractivity (Wildman–Crippen MR) is 52.8 cm³/mol. The molecule has 0 aliphatic rings. The molecule has 0 saturated heterocycles. The first-order valence-electron chi connectivity index (χ1n) is 3.84. The van der Waals surface area contributed by atoms with E-state index in [1.54, 1.807) is 12.1 Å². The van der Waals surface area contributed by atoms with Gasteiger partial charge in [-0.25, -0.2) is 4.39 Å². The molecule has 0 aliphatic heterocycles. The molecule has 2 N–H and O–H groups in total. The molecule has 1 rings (SSSR count). The number of halogens is 2. The third-order valence-electron chi connectivity index (χ3n) is 1.47. The number of hydrogen-bond donors (Lipinski definition) is 1. The molecule has 0 aromatic heterocycles. The second-order valence-corrected chi connectivity index (χ2v) is 2.62. The molecular weight excluding hydrogens is 193 g/mol. The van der Waals surface area contributed by atoms with E-state index in [1.807, 2.05) is 6.92 Å². The molecule has 0 saturated carbocycles. The van der Waals surface area contributed by atoms with E-state index in [0.29, 0.717) is 12.3 Å². The zero-order valence-corrected chi connectivity index (χ0v) is 8.18. The number of benzene rings is 1. The lowest BCUT2D eigenvalue weighted by molar-refractivity contribution is 0.229. The first kappa shape index (κ1) is 12.2. The van der Waals surface area contributed by atoms with Crippen LogP contribution in [0, 0.1) is 5.82 Å². The van der Waals surface area contributed by atoms with Gasteiger partial charge in [-0.1, -0.05) is 6.07 Å². The van der Waals surface area contributed by atoms with E-state index in [1.165, 1.54) is 12.1 Å². The van der Waals surface area contributed by atoms with Crippen molar-refractivity contribution in [2.75, 3.05) is 6.54 Å². The van der Waals surface area contributed by atoms with Crippen molar-refractivity contribution in [1.82, 2.24) is 0 Å². The van der Waals surface area contributed by atoms with Crippen LogP contribution in [0.5, 0.6) is 5.75 Å². The van der Waals surface area contributed by atoms with Crippen LogP contribution in [0.4, 0.5) is 4.39 Å². The molecule has 0 heterocycles. The van der Waals surface area contributed by atoms with Gasteiger partial charge in [0.25, 0.3) is 0 Å². The molecule has 1 aromatic rings. The van der Waals surface area contributed by atoms with Gasteiger partial charge in [-0.3, -0.25) is 0 Å². The van der Waals surface area contributed by atoms with Gasteiger partial charge in [0.1, 0.15) is 17.7 Å². The molecule has 1 atom stereocenters. The second-order valence-electron chi connectivity index (χ2n) is 2.62. The van der Waals surface area contributed by atoms with Crippen molar-refractivity contribution >= 4 is 12.4 Å². The highest BCUT2D eigenvalue weighted by Gasteiger charge is 2.00. The van der Waals surface area contributed by atoms with Crippen molar-refractivity contribution < 1.29 is 9.13 Å². The summed E-state index contributed by atoms with van der Waals surface area (Å²) in [5, 5.41) is 0. The van der Waals surface area contributed by atoms with E-state index >= 15 is 0 Å². The Hall–Kier alpha value is -0.800. The third kappa shape index (κ3) is 4.10. The van der Waals surface area contributed by atoms with E-state index in [0.717, 1.165) is 0 Å². The molecule has 0 fully saturated rings. The van der Waals surface area contributed by atoms with Gasteiger partial charge >= 0.3 is 0 Å². The van der Waals surface area contributed by atoms with Crippen LogP contribution in [0.1, 0.15) is 6.92 Å². The minimum atomic E-state index is -0.295. The van der Waals surface area contributed by atoms with Crippen LogP contribution in [-0.4, -0.2) is 12.6 Å². The number of rotatable bonds is 3. The van der Waals surface area contributed by atoms with E-state index in [9.17, 15) is 4.39 Å². The van der Waals surface area contributed by atoms with Gasteiger partial charge in [0.2, 0.25) is 0 Å². The fourth-order valence-electron chi connectivity index (χ4n) is 0.821. The van der Waals surface area contributed by atoms with E-state index in [2.05, 4.69) is 0 Å². The van der Waals surface area contributed by atoms with Gasteiger partial charge in [-0.2, -0.15) is 0 Å². The predicted octanol–water partition coefficient (Wildman–Crippen LogP) is 1.97. The lowest BCUT2D eigenvalue weighted by Crippen LogP contribution is -2.22. The summed E-state index contributed by atoms with van der Waals surface area (Å²) in [6.07, 6.45) is -0.0770. The first-order chi connectivity index (χ1) is 5.72. The van der Waals surface area contributed by atoms with Crippen molar-refractivity contribution in [2.24, 2.45) is 5.73 Å². The van der Waals surface area contributed by atoms with E-state index < -0.39 is 0 Å². The second kappa shape index (κ2) is 5.78. The highest BCUT2D eigenvalue weighted by atomic mass is 35.5. The summed E-state index contributed by atoms with van der Waals surface area (Å²) in [5.74, 6) is 0.227. The van der Waals surface area contributed by atoms with Gasteiger partial charge in [0.05, 0.1) is 0 Å². The van der Waals surface area contributed by atoms with E-state index in [-0.39, 0.29) is 24.3 Å². The molecule has 0 aliphatic carbocycles. The Morgan fingerprint density at radius 1 is 1.54 bits per heavy atom. The van der Waals surface area contributed by atoms with E-state index in [4.69, 9.17) is 10.5 Å². The minimum absolute atomic E-state index is 0. The maximum Gasteiger partial charge on any atom is 0.126 e. The van der Waals surface area contributed by atoms with Gasteiger partial charge in [-0.05, 0) is 19.1 Å². The molecule has 2 nitrogen and oxygen atoms in total. The Morgan fingerprint density at radius 3 is 2.77 bits per heavy atom. The van der Waals surface area contributed by atoms with Crippen LogP contribution < -0.4 is 10.5 Å². The monoisotopic (exact) mass is 205 g/mol. The van der Waals surface area contributed by atoms with Crippen LogP contribution in [0.25, 0.3) is 0 Å². The molecule has 4 heteroatoms. The zero-order valence-electron chi connectivity index (χ0n) is 7.37. The fourth-order valence-corrected chi connectivity index (χ4v) is 0.821. The third-order valence-corrected chi connectivity index (χ3v) is 1.47. The average molecular weight is 206 g/mol. The maximum atomic E-state index is 12.6. The molecule has 0 amide bonds. The van der Waals surface area contributed by atoms with Crippen LogP contribution in [0.3, 0.4) is 0 Å². The summed E-state index contributed by atoms with van der Waals surface area (Å²) in [5.41, 5.74) is 5.34. The largest absolute Gasteiger partial charge is 0.489 e. The number of hydrogen-bond acceptors (Lipinski definition) is 2. The van der Waals surface area contributed by atoms with Gasteiger partial charge in [0, 0.05) is 12.6 Å². The highest BCUT2D eigenvalue weighted by Crippen LogP contribution is 2.13. The van der Waals surface area contributed by atoms with Crippen LogP contribution >= 0.6 is 12.4 Å². The average Bonchev–Trinajstić information content (AvgIpc) is 2.04. The van der Waals surface area contributed by atoms with Crippen molar-refractivity contribution in [1.29, 1.82) is 0 Å². The smallest absolute Gasteiger partial charge is 0.126 e. The first-order valence-corrected chi connectivity index (χ1v) is 3.84. The summed E-state index contributed by atoms with van der Waals surface area (Å²) in [4.78, 5) is 0. The Balaban J connectivity index is 0.00000144. The van der Waals surface area contributed by atoms with Crippen LogP contribution in [0.15, 0.2) is 24.3 Å². The van der Waals surface area contributed by atoms with Gasteiger partial charge in [0.15, 0.2) is 0 Å². The maximum absolute atomic E-state index is 12.6. The Morgan fingerprint density at radius 2 is 2.23 bits per heavy atom. The van der Waals surface area contributed by atoms with Crippen molar-refractivity contribution in [3.63, 3.8) is 0 Å². The van der Waals surface area contributed by atoms with Crippen molar-refractivity contribution in [3.8, 4) is 5.75 Å². The van der Waals surface area contributed by atoms with Crippen LogP contribution in [0.2, 0.25) is 0 Å². The van der Waals surface area contributed by atoms with Crippen LogP contribution in [-0.2, 0) is 0 Å². The fraction of sp³-hybridized carbons (Fsp3) is 0.333. The number of nitrogens with two attached hydrogens (primary N) is 1. The molecule has 1 aromatic carbocycles. The molecule has 0 bridgehead atoms. The topological polar surface area (TPSA) is 35.2 Å². The summed E-state index contributed by atoms with van der Waals surface area (Å²) < 4.78 is 17.9. The highest BCUT2D eigenvalue weighted by molar-refractivity contribution is 5.85. The summed E-state index contributed by atoms with van der Waals surface area (Å²) in [7, 11) is 0. The van der Waals surface area contributed by atoms with Gasteiger partial charge in [-0.15, -0.1) is 12.4 Å². The molecule has 13 heavy (non-hydrogen) atoms. The summed E-state index contributed by atoms with van der Waals surface area (Å²) in [6.45, 7) is 2.27. The normalized spacial score (nSPS) is 11.6. The summed E-state index contributed by atoms with van der Waals surface area (Å²) >= 11 is 0. The lowest BCUT2D eigenvalue weighted by Gasteiger charge is -2.11. The molecule has 74 valence electrons.